The van der Waals surface area contributed by atoms with Crippen LogP contribution >= 0.6 is 0 Å². The number of carbonyl (C=O) groups excluding carboxylic acids is 1. The highest BCUT2D eigenvalue weighted by atomic mass is 16.1. The Balaban J connectivity index is 2.59. The molecule has 0 aliphatic rings. The third-order valence-electron chi connectivity index (χ3n) is 3.11. The van der Waals surface area contributed by atoms with E-state index in [1.165, 1.54) is 11.1 Å². The van der Waals surface area contributed by atoms with Crippen LogP contribution in [0, 0.1) is 5.92 Å². The van der Waals surface area contributed by atoms with Crippen molar-refractivity contribution in [1.82, 2.24) is 10.2 Å². The van der Waals surface area contributed by atoms with Gasteiger partial charge < -0.3 is 16.0 Å². The topological polar surface area (TPSA) is 58.4 Å². The summed E-state index contributed by atoms with van der Waals surface area (Å²) in [6.07, 6.45) is 0.727. The van der Waals surface area contributed by atoms with Crippen molar-refractivity contribution in [1.29, 1.82) is 0 Å². The third kappa shape index (κ3) is 5.41. The Labute approximate surface area is 116 Å². The van der Waals surface area contributed by atoms with E-state index >= 15 is 0 Å². The van der Waals surface area contributed by atoms with Crippen LogP contribution in [0.1, 0.15) is 24.5 Å². The molecular weight excluding hydrogens is 238 g/mol. The Morgan fingerprint density at radius 2 is 1.95 bits per heavy atom. The van der Waals surface area contributed by atoms with Crippen molar-refractivity contribution in [3.8, 4) is 0 Å². The van der Waals surface area contributed by atoms with Gasteiger partial charge in [0.2, 0.25) is 5.91 Å². The molecule has 1 atom stereocenters. The Kier molecular flexibility index (Phi) is 6.53. The number of nitrogens with one attached hydrogen (secondary N) is 1. The van der Waals surface area contributed by atoms with E-state index in [1.807, 2.05) is 33.2 Å². The summed E-state index contributed by atoms with van der Waals surface area (Å²) in [5, 5.41) is 2.98. The second kappa shape index (κ2) is 7.92. The molecule has 0 fully saturated rings. The van der Waals surface area contributed by atoms with Crippen molar-refractivity contribution >= 4 is 5.91 Å². The van der Waals surface area contributed by atoms with Crippen molar-refractivity contribution in [2.24, 2.45) is 11.7 Å². The molecule has 1 rings (SSSR count). The number of nitrogens with zero attached hydrogens (tertiary/aromatic N) is 1. The second-order valence-corrected chi connectivity index (χ2v) is 5.20. The van der Waals surface area contributed by atoms with Crippen molar-refractivity contribution in [2.45, 2.75) is 26.4 Å². The number of carbonyl (C=O) groups is 1. The van der Waals surface area contributed by atoms with Gasteiger partial charge in [-0.3, -0.25) is 4.79 Å². The van der Waals surface area contributed by atoms with E-state index in [2.05, 4.69) is 22.3 Å². The van der Waals surface area contributed by atoms with Crippen LogP contribution in [0.4, 0.5) is 0 Å². The Bertz CT molecular complexity index is 404. The van der Waals surface area contributed by atoms with E-state index in [9.17, 15) is 4.79 Å². The maximum absolute atomic E-state index is 11.9. The lowest BCUT2D eigenvalue weighted by Crippen LogP contribution is -2.30. The quantitative estimate of drug-likeness (QED) is 0.780. The van der Waals surface area contributed by atoms with Crippen LogP contribution in [0.2, 0.25) is 0 Å². The molecule has 0 saturated heterocycles. The van der Waals surface area contributed by atoms with Gasteiger partial charge in [-0.1, -0.05) is 31.2 Å². The molecule has 1 aromatic carbocycles. The summed E-state index contributed by atoms with van der Waals surface area (Å²) in [5.74, 6) is 0.0520. The van der Waals surface area contributed by atoms with Gasteiger partial charge in [-0.15, -0.1) is 0 Å². The molecule has 3 N–H and O–H groups in total. The van der Waals surface area contributed by atoms with Gasteiger partial charge >= 0.3 is 0 Å². The predicted octanol–water partition coefficient (Wildman–Crippen LogP) is 1.35. The highest BCUT2D eigenvalue weighted by Crippen LogP contribution is 2.11. The average Bonchev–Trinajstić information content (AvgIpc) is 2.37. The molecule has 1 unspecified atom stereocenters. The predicted molar refractivity (Wildman–Crippen MR) is 78.5 cm³/mol. The fourth-order valence-electron chi connectivity index (χ4n) is 1.96. The maximum Gasteiger partial charge on any atom is 0.223 e. The maximum atomic E-state index is 11.9. The SMILES string of the molecule is CC(CCN)C(=O)NCc1ccccc1CN(C)C. The molecule has 0 spiro atoms. The monoisotopic (exact) mass is 263 g/mol. The number of benzene rings is 1. The minimum absolute atomic E-state index is 0.0222. The first kappa shape index (κ1) is 15.7. The smallest absolute Gasteiger partial charge is 0.223 e. The lowest BCUT2D eigenvalue weighted by molar-refractivity contribution is -0.124. The molecule has 106 valence electrons. The van der Waals surface area contributed by atoms with Crippen molar-refractivity contribution in [3.63, 3.8) is 0 Å². The fourth-order valence-corrected chi connectivity index (χ4v) is 1.96. The molecule has 4 nitrogen and oxygen atoms in total. The molecule has 1 amide bonds. The number of amides is 1. The Morgan fingerprint density at radius 1 is 1.32 bits per heavy atom. The lowest BCUT2D eigenvalue weighted by atomic mass is 10.1. The molecule has 0 bridgehead atoms. The summed E-state index contributed by atoms with van der Waals surface area (Å²) in [5.41, 5.74) is 7.89. The van der Waals surface area contributed by atoms with Gasteiger partial charge in [0.1, 0.15) is 0 Å². The zero-order valence-electron chi connectivity index (χ0n) is 12.1. The molecular formula is C15H25N3O. The van der Waals surface area contributed by atoms with Crippen LogP contribution in [0.25, 0.3) is 0 Å². The van der Waals surface area contributed by atoms with Crippen LogP contribution < -0.4 is 11.1 Å². The second-order valence-electron chi connectivity index (χ2n) is 5.20. The number of hydrogen-bond acceptors (Lipinski definition) is 3. The van der Waals surface area contributed by atoms with E-state index in [4.69, 9.17) is 5.73 Å². The van der Waals surface area contributed by atoms with E-state index in [0.717, 1.165) is 13.0 Å². The van der Waals surface area contributed by atoms with E-state index < -0.39 is 0 Å². The van der Waals surface area contributed by atoms with Gasteiger partial charge in [0.15, 0.2) is 0 Å². The molecule has 19 heavy (non-hydrogen) atoms. The van der Waals surface area contributed by atoms with Crippen LogP contribution in [0.15, 0.2) is 24.3 Å². The van der Waals surface area contributed by atoms with E-state index in [0.29, 0.717) is 13.1 Å². The Hall–Kier alpha value is -1.39. The number of hydrogen-bond donors (Lipinski definition) is 2. The number of nitrogens with two attached hydrogens (primary N) is 1. The summed E-state index contributed by atoms with van der Waals surface area (Å²) < 4.78 is 0. The van der Waals surface area contributed by atoms with Crippen molar-refractivity contribution < 1.29 is 4.79 Å². The van der Waals surface area contributed by atoms with Crippen LogP contribution in [-0.4, -0.2) is 31.4 Å². The molecule has 0 aliphatic carbocycles. The van der Waals surface area contributed by atoms with Crippen molar-refractivity contribution in [3.05, 3.63) is 35.4 Å². The normalized spacial score (nSPS) is 12.5. The van der Waals surface area contributed by atoms with Gasteiger partial charge in [-0.05, 0) is 38.2 Å². The fraction of sp³-hybridized carbons (Fsp3) is 0.533. The zero-order valence-corrected chi connectivity index (χ0v) is 12.1. The minimum atomic E-state index is -0.0222. The van der Waals surface area contributed by atoms with E-state index in [-0.39, 0.29) is 11.8 Å². The third-order valence-corrected chi connectivity index (χ3v) is 3.11. The minimum Gasteiger partial charge on any atom is -0.352 e. The van der Waals surface area contributed by atoms with Crippen LogP contribution in [0.5, 0.6) is 0 Å². The summed E-state index contributed by atoms with van der Waals surface area (Å²) in [6.45, 7) is 3.92. The van der Waals surface area contributed by atoms with Crippen LogP contribution in [0.3, 0.4) is 0 Å². The highest BCUT2D eigenvalue weighted by Gasteiger charge is 2.12. The first-order chi connectivity index (χ1) is 9.04. The first-order valence-electron chi connectivity index (χ1n) is 6.74. The molecule has 1 aromatic rings. The Morgan fingerprint density at radius 3 is 2.53 bits per heavy atom. The average molecular weight is 263 g/mol. The molecule has 0 aliphatic heterocycles. The standard InChI is InChI=1S/C15H25N3O/c1-12(8-9-16)15(19)17-10-13-6-4-5-7-14(13)11-18(2)3/h4-7,12H,8-11,16H2,1-3H3,(H,17,19). The molecule has 0 radical (unpaired) electrons. The summed E-state index contributed by atoms with van der Waals surface area (Å²) in [7, 11) is 4.08. The molecule has 0 heterocycles. The van der Waals surface area contributed by atoms with E-state index in [1.54, 1.807) is 0 Å². The first-order valence-corrected chi connectivity index (χ1v) is 6.74. The van der Waals surface area contributed by atoms with Crippen molar-refractivity contribution in [2.75, 3.05) is 20.6 Å². The summed E-state index contributed by atoms with van der Waals surface area (Å²) in [4.78, 5) is 14.0. The number of rotatable bonds is 7. The highest BCUT2D eigenvalue weighted by molar-refractivity contribution is 5.78. The largest absolute Gasteiger partial charge is 0.352 e. The molecule has 0 aromatic heterocycles. The van der Waals surface area contributed by atoms with Gasteiger partial charge in [0, 0.05) is 19.0 Å². The molecule has 0 saturated carbocycles. The van der Waals surface area contributed by atoms with Gasteiger partial charge in [0.05, 0.1) is 0 Å². The van der Waals surface area contributed by atoms with Crippen LogP contribution in [-0.2, 0) is 17.9 Å². The van der Waals surface area contributed by atoms with Gasteiger partial charge in [-0.25, -0.2) is 0 Å². The van der Waals surface area contributed by atoms with Gasteiger partial charge in [-0.2, -0.15) is 0 Å². The summed E-state index contributed by atoms with van der Waals surface area (Å²) in [6, 6.07) is 8.20. The lowest BCUT2D eigenvalue weighted by Gasteiger charge is -2.16. The summed E-state index contributed by atoms with van der Waals surface area (Å²) >= 11 is 0. The molecule has 4 heteroatoms. The van der Waals surface area contributed by atoms with Gasteiger partial charge in [0.25, 0.3) is 0 Å². The zero-order chi connectivity index (χ0) is 14.3.